The normalized spacial score (nSPS) is 10.7. The molecule has 0 spiro atoms. The van der Waals surface area contributed by atoms with Gasteiger partial charge in [0.2, 0.25) is 5.91 Å². The molecule has 2 nitrogen and oxygen atoms in total. The molecule has 0 saturated carbocycles. The SMILES string of the molecule is CC(C)C(=O)NCc1ccc(-c2ccc(-c3ccccc3)cc2)cc1. The number of hydrogen-bond donors (Lipinski definition) is 1. The van der Waals surface area contributed by atoms with Gasteiger partial charge < -0.3 is 5.32 Å². The van der Waals surface area contributed by atoms with Crippen molar-refractivity contribution in [2.24, 2.45) is 5.92 Å². The van der Waals surface area contributed by atoms with Crippen molar-refractivity contribution in [3.63, 3.8) is 0 Å². The average Bonchev–Trinajstić information content (AvgIpc) is 2.67. The van der Waals surface area contributed by atoms with Gasteiger partial charge in [-0.1, -0.05) is 92.7 Å². The van der Waals surface area contributed by atoms with E-state index in [2.05, 4.69) is 78.1 Å². The van der Waals surface area contributed by atoms with Crippen molar-refractivity contribution in [2.75, 3.05) is 0 Å². The molecule has 0 radical (unpaired) electrons. The van der Waals surface area contributed by atoms with Crippen molar-refractivity contribution in [3.05, 3.63) is 84.4 Å². The van der Waals surface area contributed by atoms with Gasteiger partial charge in [0.1, 0.15) is 0 Å². The summed E-state index contributed by atoms with van der Waals surface area (Å²) in [5.74, 6) is 0.1000. The van der Waals surface area contributed by atoms with Gasteiger partial charge in [-0.2, -0.15) is 0 Å². The van der Waals surface area contributed by atoms with Crippen molar-refractivity contribution in [1.29, 1.82) is 0 Å². The van der Waals surface area contributed by atoms with Gasteiger partial charge in [-0.25, -0.2) is 0 Å². The van der Waals surface area contributed by atoms with E-state index in [0.717, 1.165) is 5.56 Å². The molecule has 0 aliphatic heterocycles. The fraction of sp³-hybridized carbons (Fsp3) is 0.174. The van der Waals surface area contributed by atoms with Crippen LogP contribution in [0.25, 0.3) is 22.3 Å². The van der Waals surface area contributed by atoms with Crippen LogP contribution < -0.4 is 5.32 Å². The fourth-order valence-corrected chi connectivity index (χ4v) is 2.69. The summed E-state index contributed by atoms with van der Waals surface area (Å²) in [7, 11) is 0. The lowest BCUT2D eigenvalue weighted by molar-refractivity contribution is -0.124. The Bertz CT molecular complexity index is 818. The summed E-state index contributed by atoms with van der Waals surface area (Å²) in [6.07, 6.45) is 0. The molecule has 1 N–H and O–H groups in total. The van der Waals surface area contributed by atoms with Crippen LogP contribution in [0.4, 0.5) is 0 Å². The van der Waals surface area contributed by atoms with Crippen LogP contribution in [0, 0.1) is 5.92 Å². The van der Waals surface area contributed by atoms with Gasteiger partial charge in [-0.15, -0.1) is 0 Å². The minimum atomic E-state index is 0.0161. The molecule has 0 aromatic heterocycles. The highest BCUT2D eigenvalue weighted by atomic mass is 16.1. The molecule has 2 heteroatoms. The second-order valence-corrected chi connectivity index (χ2v) is 6.51. The van der Waals surface area contributed by atoms with Crippen molar-refractivity contribution < 1.29 is 4.79 Å². The van der Waals surface area contributed by atoms with Crippen LogP contribution in [0.1, 0.15) is 19.4 Å². The predicted octanol–water partition coefficient (Wildman–Crippen LogP) is 5.29. The smallest absolute Gasteiger partial charge is 0.222 e. The van der Waals surface area contributed by atoms with Crippen molar-refractivity contribution in [1.82, 2.24) is 5.32 Å². The molecular weight excluding hydrogens is 306 g/mol. The summed E-state index contributed by atoms with van der Waals surface area (Å²) < 4.78 is 0. The van der Waals surface area contributed by atoms with E-state index in [1.165, 1.54) is 22.3 Å². The van der Waals surface area contributed by atoms with Crippen LogP contribution in [0.3, 0.4) is 0 Å². The number of carbonyl (C=O) groups excluding carboxylic acids is 1. The zero-order chi connectivity index (χ0) is 17.6. The molecule has 0 saturated heterocycles. The van der Waals surface area contributed by atoms with Crippen molar-refractivity contribution in [2.45, 2.75) is 20.4 Å². The highest BCUT2D eigenvalue weighted by Gasteiger charge is 2.06. The summed E-state index contributed by atoms with van der Waals surface area (Å²) >= 11 is 0. The van der Waals surface area contributed by atoms with Gasteiger partial charge in [-0.3, -0.25) is 4.79 Å². The number of amides is 1. The largest absolute Gasteiger partial charge is 0.352 e. The maximum absolute atomic E-state index is 11.6. The molecule has 3 rings (SSSR count). The van der Waals surface area contributed by atoms with Crippen LogP contribution in [0.2, 0.25) is 0 Å². The average molecular weight is 329 g/mol. The minimum Gasteiger partial charge on any atom is -0.352 e. The molecule has 0 aliphatic rings. The van der Waals surface area contributed by atoms with Crippen LogP contribution in [0.15, 0.2) is 78.9 Å². The molecule has 0 atom stereocenters. The number of benzene rings is 3. The van der Waals surface area contributed by atoms with Gasteiger partial charge in [0.25, 0.3) is 0 Å². The Morgan fingerprint density at radius 3 is 1.64 bits per heavy atom. The van der Waals surface area contributed by atoms with Crippen molar-refractivity contribution in [3.8, 4) is 22.3 Å². The van der Waals surface area contributed by atoms with E-state index in [0.29, 0.717) is 6.54 Å². The molecule has 126 valence electrons. The standard InChI is InChI=1S/C23H23NO/c1-17(2)23(25)24-16-18-8-10-20(11-9-18)22-14-12-21(13-15-22)19-6-4-3-5-7-19/h3-15,17H,16H2,1-2H3,(H,24,25). The van der Waals surface area contributed by atoms with Crippen LogP contribution in [-0.2, 0) is 11.3 Å². The van der Waals surface area contributed by atoms with E-state index < -0.39 is 0 Å². The summed E-state index contributed by atoms with van der Waals surface area (Å²) in [4.78, 5) is 11.6. The molecule has 25 heavy (non-hydrogen) atoms. The summed E-state index contributed by atoms with van der Waals surface area (Å²) in [6.45, 7) is 4.37. The van der Waals surface area contributed by atoms with Gasteiger partial charge >= 0.3 is 0 Å². The lowest BCUT2D eigenvalue weighted by Gasteiger charge is -2.09. The highest BCUT2D eigenvalue weighted by molar-refractivity contribution is 5.77. The van der Waals surface area contributed by atoms with E-state index in [-0.39, 0.29) is 11.8 Å². The molecule has 1 amide bonds. The molecule has 0 bridgehead atoms. The van der Waals surface area contributed by atoms with Gasteiger partial charge in [0, 0.05) is 12.5 Å². The van der Waals surface area contributed by atoms with E-state index in [4.69, 9.17) is 0 Å². The van der Waals surface area contributed by atoms with Crippen LogP contribution >= 0.6 is 0 Å². The third-order valence-electron chi connectivity index (χ3n) is 4.27. The molecule has 3 aromatic carbocycles. The van der Waals surface area contributed by atoms with E-state index in [9.17, 15) is 4.79 Å². The zero-order valence-corrected chi connectivity index (χ0v) is 14.7. The molecule has 3 aromatic rings. The lowest BCUT2D eigenvalue weighted by atomic mass is 9.99. The van der Waals surface area contributed by atoms with E-state index in [1.54, 1.807) is 0 Å². The van der Waals surface area contributed by atoms with Gasteiger partial charge in [-0.05, 0) is 27.8 Å². The maximum atomic E-state index is 11.6. The molecule has 0 heterocycles. The van der Waals surface area contributed by atoms with E-state index >= 15 is 0 Å². The molecule has 0 unspecified atom stereocenters. The first-order valence-electron chi connectivity index (χ1n) is 8.66. The quantitative estimate of drug-likeness (QED) is 0.677. The first-order valence-corrected chi connectivity index (χ1v) is 8.66. The molecule has 0 fully saturated rings. The van der Waals surface area contributed by atoms with Crippen molar-refractivity contribution >= 4 is 5.91 Å². The Morgan fingerprint density at radius 1 is 0.720 bits per heavy atom. The Morgan fingerprint density at radius 2 is 1.16 bits per heavy atom. The van der Waals surface area contributed by atoms with Crippen LogP contribution in [-0.4, -0.2) is 5.91 Å². The zero-order valence-electron chi connectivity index (χ0n) is 14.7. The first-order chi connectivity index (χ1) is 12.1. The number of carbonyl (C=O) groups is 1. The molecular formula is C23H23NO. The van der Waals surface area contributed by atoms with E-state index in [1.807, 2.05) is 19.9 Å². The third kappa shape index (κ3) is 4.36. The fourth-order valence-electron chi connectivity index (χ4n) is 2.69. The predicted molar refractivity (Wildman–Crippen MR) is 104 cm³/mol. The highest BCUT2D eigenvalue weighted by Crippen LogP contribution is 2.25. The second-order valence-electron chi connectivity index (χ2n) is 6.51. The molecule has 0 aliphatic carbocycles. The summed E-state index contributed by atoms with van der Waals surface area (Å²) in [5, 5.41) is 2.94. The topological polar surface area (TPSA) is 29.1 Å². The minimum absolute atomic E-state index is 0.0161. The second kappa shape index (κ2) is 7.80. The Labute approximate surface area is 149 Å². The van der Waals surface area contributed by atoms with Gasteiger partial charge in [0.15, 0.2) is 0 Å². The van der Waals surface area contributed by atoms with Gasteiger partial charge in [0.05, 0.1) is 0 Å². The van der Waals surface area contributed by atoms with Crippen LogP contribution in [0.5, 0.6) is 0 Å². The maximum Gasteiger partial charge on any atom is 0.222 e. The Balaban J connectivity index is 1.69. The number of hydrogen-bond acceptors (Lipinski definition) is 1. The summed E-state index contributed by atoms with van der Waals surface area (Å²) in [6, 6.07) is 27.3. The Kier molecular flexibility index (Phi) is 5.30. The first kappa shape index (κ1) is 17.0. The Hall–Kier alpha value is -2.87. The number of rotatable bonds is 5. The third-order valence-corrected chi connectivity index (χ3v) is 4.27. The summed E-state index contributed by atoms with van der Waals surface area (Å²) in [5.41, 5.74) is 5.93. The monoisotopic (exact) mass is 329 g/mol. The lowest BCUT2D eigenvalue weighted by Crippen LogP contribution is -2.27. The number of nitrogens with one attached hydrogen (secondary N) is 1.